The molecule has 0 fully saturated rings. The third kappa shape index (κ3) is 3.57. The van der Waals surface area contributed by atoms with Crippen molar-refractivity contribution in [3.8, 4) is 33.9 Å². The normalized spacial score (nSPS) is 13.8. The number of hydrogen-bond donors (Lipinski definition) is 2. The van der Waals surface area contributed by atoms with Gasteiger partial charge in [0.05, 0.1) is 25.6 Å². The summed E-state index contributed by atoms with van der Waals surface area (Å²) < 4.78 is 50.4. The van der Waals surface area contributed by atoms with Crippen LogP contribution in [0.5, 0.6) is 11.5 Å². The Kier molecular flexibility index (Phi) is 5.12. The number of alkyl halides is 3. The van der Waals surface area contributed by atoms with Crippen LogP contribution in [0.1, 0.15) is 12.6 Å². The smallest absolute Gasteiger partial charge is 0.422 e. The van der Waals surface area contributed by atoms with Crippen molar-refractivity contribution >= 4 is 0 Å². The second-order valence-electron chi connectivity index (χ2n) is 6.50. The number of aromatic amines is 1. The highest BCUT2D eigenvalue weighted by Crippen LogP contribution is 2.42. The lowest BCUT2D eigenvalue weighted by atomic mass is 9.98. The number of aromatic nitrogens is 1. The van der Waals surface area contributed by atoms with Crippen LogP contribution in [0.15, 0.2) is 54.6 Å². The number of methoxy groups -OCH3 is 2. The topological polar surface area (TPSA) is 54.5 Å². The molecule has 1 atom stereocenters. The predicted octanol–water partition coefficient (Wildman–Crippen LogP) is 5.14. The summed E-state index contributed by atoms with van der Waals surface area (Å²) in [4.78, 5) is 2.77. The summed E-state index contributed by atoms with van der Waals surface area (Å²) in [5.41, 5.74) is -1.00. The molecular formula is C21H20F3NO3. The van der Waals surface area contributed by atoms with E-state index >= 15 is 0 Å². The number of hydrogen-bond acceptors (Lipinski definition) is 3. The molecule has 0 amide bonds. The van der Waals surface area contributed by atoms with Gasteiger partial charge >= 0.3 is 6.18 Å². The van der Waals surface area contributed by atoms with Crippen LogP contribution in [0, 0.1) is 0 Å². The molecule has 0 aliphatic heterocycles. The molecule has 148 valence electrons. The maximum absolute atomic E-state index is 13.4. The monoisotopic (exact) mass is 391 g/mol. The third-order valence-electron chi connectivity index (χ3n) is 4.67. The Hall–Kier alpha value is -2.93. The third-order valence-corrected chi connectivity index (χ3v) is 4.67. The zero-order valence-electron chi connectivity index (χ0n) is 15.6. The maximum atomic E-state index is 13.4. The summed E-state index contributed by atoms with van der Waals surface area (Å²) in [6.07, 6.45) is -4.83. The van der Waals surface area contributed by atoms with Gasteiger partial charge in [-0.2, -0.15) is 13.2 Å². The van der Waals surface area contributed by atoms with Gasteiger partial charge in [-0.25, -0.2) is 0 Å². The van der Waals surface area contributed by atoms with Crippen molar-refractivity contribution in [3.05, 3.63) is 60.3 Å². The first-order valence-corrected chi connectivity index (χ1v) is 8.49. The van der Waals surface area contributed by atoms with E-state index < -0.39 is 11.8 Å². The van der Waals surface area contributed by atoms with Gasteiger partial charge in [0.1, 0.15) is 11.5 Å². The Morgan fingerprint density at radius 2 is 1.29 bits per heavy atom. The fourth-order valence-corrected chi connectivity index (χ4v) is 2.85. The average Bonchev–Trinajstić information content (AvgIpc) is 3.13. The van der Waals surface area contributed by atoms with Crippen LogP contribution >= 0.6 is 0 Å². The molecule has 2 aromatic carbocycles. The molecule has 0 aliphatic carbocycles. The standard InChI is InChI=1S/C21H20F3NO3/c1-20(26,21(22,23)24)18-12-17(13-4-8-15(27-2)9-5-13)19(25-18)14-6-10-16(28-3)11-7-14/h4-12,25-26H,1-3H3. The number of rotatable bonds is 5. The Morgan fingerprint density at radius 1 is 0.821 bits per heavy atom. The maximum Gasteiger partial charge on any atom is 0.422 e. The summed E-state index contributed by atoms with van der Waals surface area (Å²) in [5, 5.41) is 10.1. The van der Waals surface area contributed by atoms with E-state index in [9.17, 15) is 18.3 Å². The Bertz CT molecular complexity index is 878. The minimum atomic E-state index is -4.83. The molecule has 0 saturated heterocycles. The number of nitrogens with one attached hydrogen (secondary N) is 1. The van der Waals surface area contributed by atoms with Gasteiger partial charge < -0.3 is 19.6 Å². The molecule has 1 heterocycles. The van der Waals surface area contributed by atoms with Crippen molar-refractivity contribution in [1.82, 2.24) is 4.98 Å². The number of ether oxygens (including phenoxy) is 2. The lowest BCUT2D eigenvalue weighted by molar-refractivity contribution is -0.260. The van der Waals surface area contributed by atoms with Gasteiger partial charge in [0.25, 0.3) is 0 Å². The van der Waals surface area contributed by atoms with Gasteiger partial charge in [-0.3, -0.25) is 0 Å². The van der Waals surface area contributed by atoms with Crippen LogP contribution in [-0.2, 0) is 5.60 Å². The van der Waals surface area contributed by atoms with Gasteiger partial charge in [0.15, 0.2) is 5.60 Å². The quantitative estimate of drug-likeness (QED) is 0.634. The number of H-pyrrole nitrogens is 1. The van der Waals surface area contributed by atoms with E-state index in [1.807, 2.05) is 0 Å². The lowest BCUT2D eigenvalue weighted by Crippen LogP contribution is -2.39. The molecule has 28 heavy (non-hydrogen) atoms. The first kappa shape index (κ1) is 19.8. The van der Waals surface area contributed by atoms with Crippen molar-refractivity contribution in [2.75, 3.05) is 14.2 Å². The van der Waals surface area contributed by atoms with Crippen molar-refractivity contribution < 1.29 is 27.8 Å². The first-order valence-electron chi connectivity index (χ1n) is 8.49. The first-order chi connectivity index (χ1) is 13.2. The minimum Gasteiger partial charge on any atom is -0.497 e. The number of halogens is 3. The molecule has 7 heteroatoms. The van der Waals surface area contributed by atoms with E-state index in [1.54, 1.807) is 48.5 Å². The zero-order chi connectivity index (χ0) is 20.5. The predicted molar refractivity (Wildman–Crippen MR) is 100 cm³/mol. The number of benzene rings is 2. The molecule has 0 spiro atoms. The van der Waals surface area contributed by atoms with Crippen molar-refractivity contribution in [2.24, 2.45) is 0 Å². The highest BCUT2D eigenvalue weighted by molar-refractivity contribution is 5.82. The van der Waals surface area contributed by atoms with Gasteiger partial charge in [0.2, 0.25) is 0 Å². The molecule has 2 N–H and O–H groups in total. The van der Waals surface area contributed by atoms with E-state index in [4.69, 9.17) is 9.47 Å². The van der Waals surface area contributed by atoms with Gasteiger partial charge in [-0.1, -0.05) is 12.1 Å². The van der Waals surface area contributed by atoms with Gasteiger partial charge in [-0.05, 0) is 60.5 Å². The fraction of sp³-hybridized carbons (Fsp3) is 0.238. The summed E-state index contributed by atoms with van der Waals surface area (Å²) in [5.74, 6) is 1.26. The summed E-state index contributed by atoms with van der Waals surface area (Å²) in [6, 6.07) is 15.2. The Morgan fingerprint density at radius 3 is 1.71 bits per heavy atom. The van der Waals surface area contributed by atoms with E-state index in [-0.39, 0.29) is 5.69 Å². The van der Waals surface area contributed by atoms with Crippen LogP contribution in [0.25, 0.3) is 22.4 Å². The molecule has 1 unspecified atom stereocenters. The average molecular weight is 391 g/mol. The number of aliphatic hydroxyl groups is 1. The molecule has 0 bridgehead atoms. The van der Waals surface area contributed by atoms with E-state index in [0.717, 1.165) is 6.92 Å². The highest BCUT2D eigenvalue weighted by Gasteiger charge is 2.52. The molecule has 3 aromatic rings. The summed E-state index contributed by atoms with van der Waals surface area (Å²) in [7, 11) is 3.07. The van der Waals surface area contributed by atoms with Crippen LogP contribution in [-0.4, -0.2) is 30.5 Å². The van der Waals surface area contributed by atoms with E-state index in [2.05, 4.69) is 4.98 Å². The van der Waals surface area contributed by atoms with Crippen LogP contribution < -0.4 is 9.47 Å². The zero-order valence-corrected chi connectivity index (χ0v) is 15.6. The van der Waals surface area contributed by atoms with Gasteiger partial charge in [0, 0.05) is 5.56 Å². The van der Waals surface area contributed by atoms with Crippen molar-refractivity contribution in [1.29, 1.82) is 0 Å². The molecule has 0 radical (unpaired) electrons. The molecule has 0 aliphatic rings. The Balaban J connectivity index is 2.17. The molecular weight excluding hydrogens is 371 g/mol. The molecule has 1 aromatic heterocycles. The fourth-order valence-electron chi connectivity index (χ4n) is 2.85. The molecule has 4 nitrogen and oxygen atoms in total. The van der Waals surface area contributed by atoms with Crippen LogP contribution in [0.2, 0.25) is 0 Å². The molecule has 3 rings (SSSR count). The minimum absolute atomic E-state index is 0.336. The van der Waals surface area contributed by atoms with E-state index in [1.165, 1.54) is 20.3 Å². The van der Waals surface area contributed by atoms with Gasteiger partial charge in [-0.15, -0.1) is 0 Å². The molecule has 0 saturated carbocycles. The summed E-state index contributed by atoms with van der Waals surface area (Å²) in [6.45, 7) is 0.731. The second kappa shape index (κ2) is 7.24. The SMILES string of the molecule is COc1ccc(-c2cc(C(C)(O)C(F)(F)F)[nH]c2-c2ccc(OC)cc2)cc1. The highest BCUT2D eigenvalue weighted by atomic mass is 19.4. The van der Waals surface area contributed by atoms with Crippen LogP contribution in [0.3, 0.4) is 0 Å². The van der Waals surface area contributed by atoms with Crippen molar-refractivity contribution in [2.45, 2.75) is 18.7 Å². The largest absolute Gasteiger partial charge is 0.497 e. The van der Waals surface area contributed by atoms with Crippen molar-refractivity contribution in [3.63, 3.8) is 0 Å². The second-order valence-corrected chi connectivity index (χ2v) is 6.50. The lowest BCUT2D eigenvalue weighted by Gasteiger charge is -2.25. The Labute approximate surface area is 160 Å². The summed E-state index contributed by atoms with van der Waals surface area (Å²) >= 11 is 0. The van der Waals surface area contributed by atoms with Crippen LogP contribution in [0.4, 0.5) is 13.2 Å². The van der Waals surface area contributed by atoms with E-state index in [0.29, 0.717) is 33.9 Å².